The van der Waals surface area contributed by atoms with Crippen LogP contribution in [0, 0.1) is 16.3 Å². The Labute approximate surface area is 140 Å². The minimum atomic E-state index is -0.137. The number of nitrogens with one attached hydrogen (secondary N) is 1. The monoisotopic (exact) mass is 397 g/mol. The minimum Gasteiger partial charge on any atom is -0.310 e. The Morgan fingerprint density at radius 2 is 1.86 bits per heavy atom. The molecule has 0 aliphatic carbocycles. The van der Waals surface area contributed by atoms with Crippen LogP contribution in [-0.4, -0.2) is 6.54 Å². The molecule has 0 saturated carbocycles. The molecule has 0 heterocycles. The molecule has 0 radical (unpaired) electrons. The van der Waals surface area contributed by atoms with Crippen molar-refractivity contribution in [2.45, 2.75) is 32.7 Å². The third-order valence-electron chi connectivity index (χ3n) is 3.58. The Hall–Kier alpha value is -0.940. The highest BCUT2D eigenvalue weighted by molar-refractivity contribution is 14.1. The van der Waals surface area contributed by atoms with E-state index in [0.717, 1.165) is 24.9 Å². The van der Waals surface area contributed by atoms with E-state index in [1.165, 1.54) is 9.13 Å². The van der Waals surface area contributed by atoms with Gasteiger partial charge in [-0.2, -0.15) is 0 Å². The van der Waals surface area contributed by atoms with Crippen molar-refractivity contribution in [1.82, 2.24) is 5.32 Å². The summed E-state index contributed by atoms with van der Waals surface area (Å²) in [5, 5.41) is 3.57. The van der Waals surface area contributed by atoms with Crippen molar-refractivity contribution in [2.24, 2.45) is 0 Å². The molecule has 21 heavy (non-hydrogen) atoms. The van der Waals surface area contributed by atoms with Gasteiger partial charge in [0.2, 0.25) is 0 Å². The molecule has 2 aromatic rings. The summed E-state index contributed by atoms with van der Waals surface area (Å²) >= 11 is 2.32. The molecule has 0 saturated heterocycles. The molecule has 0 aliphatic heterocycles. The molecule has 0 aromatic heterocycles. The van der Waals surface area contributed by atoms with E-state index in [4.69, 9.17) is 0 Å². The van der Waals surface area contributed by atoms with E-state index in [1.807, 2.05) is 19.1 Å². The quantitative estimate of drug-likeness (QED) is 0.675. The van der Waals surface area contributed by atoms with Crippen molar-refractivity contribution in [3.05, 3.63) is 68.5 Å². The fraction of sp³-hybridized carbons (Fsp3) is 0.333. The normalized spacial score (nSPS) is 12.4. The van der Waals surface area contributed by atoms with Crippen LogP contribution in [0.1, 0.15) is 36.1 Å². The highest BCUT2D eigenvalue weighted by atomic mass is 127. The van der Waals surface area contributed by atoms with E-state index in [2.05, 4.69) is 59.1 Å². The Bertz CT molecular complexity index is 580. The molecule has 3 heteroatoms. The predicted octanol–water partition coefficient (Wildman–Crippen LogP) is 5.02. The summed E-state index contributed by atoms with van der Waals surface area (Å²) in [4.78, 5) is 0. The second-order valence-corrected chi connectivity index (χ2v) is 6.59. The van der Waals surface area contributed by atoms with E-state index in [-0.39, 0.29) is 11.9 Å². The number of rotatable bonds is 6. The van der Waals surface area contributed by atoms with Gasteiger partial charge in [-0.3, -0.25) is 0 Å². The van der Waals surface area contributed by atoms with Crippen molar-refractivity contribution in [3.8, 4) is 0 Å². The number of hydrogen-bond acceptors (Lipinski definition) is 1. The molecule has 2 rings (SSSR count). The first-order chi connectivity index (χ1) is 10.1. The van der Waals surface area contributed by atoms with Gasteiger partial charge in [0.15, 0.2) is 0 Å². The maximum absolute atomic E-state index is 13.5. The molecule has 1 N–H and O–H groups in total. The Balaban J connectivity index is 2.20. The summed E-state index contributed by atoms with van der Waals surface area (Å²) in [7, 11) is 0. The molecule has 112 valence electrons. The lowest BCUT2D eigenvalue weighted by atomic mass is 9.97. The first-order valence-electron chi connectivity index (χ1n) is 7.34. The summed E-state index contributed by atoms with van der Waals surface area (Å²) in [6.45, 7) is 4.94. The van der Waals surface area contributed by atoms with Gasteiger partial charge in [0, 0.05) is 9.61 Å². The van der Waals surface area contributed by atoms with E-state index in [1.54, 1.807) is 6.07 Å². The minimum absolute atomic E-state index is 0.137. The van der Waals surface area contributed by atoms with Crippen LogP contribution in [0.15, 0.2) is 42.5 Å². The van der Waals surface area contributed by atoms with Gasteiger partial charge in [0.05, 0.1) is 0 Å². The van der Waals surface area contributed by atoms with E-state index < -0.39 is 0 Å². The van der Waals surface area contributed by atoms with Crippen LogP contribution in [0.4, 0.5) is 4.39 Å². The average Bonchev–Trinajstić information content (AvgIpc) is 2.48. The van der Waals surface area contributed by atoms with E-state index >= 15 is 0 Å². The summed E-state index contributed by atoms with van der Waals surface area (Å²) in [5.74, 6) is -0.137. The van der Waals surface area contributed by atoms with Gasteiger partial charge < -0.3 is 5.32 Å². The number of benzene rings is 2. The Morgan fingerprint density at radius 3 is 2.48 bits per heavy atom. The molecule has 0 amide bonds. The van der Waals surface area contributed by atoms with Crippen molar-refractivity contribution in [2.75, 3.05) is 6.54 Å². The molecule has 1 nitrogen and oxygen atoms in total. The molecule has 1 unspecified atom stereocenters. The van der Waals surface area contributed by atoms with Gasteiger partial charge in [-0.15, -0.1) is 0 Å². The zero-order valence-corrected chi connectivity index (χ0v) is 14.7. The van der Waals surface area contributed by atoms with Gasteiger partial charge in [-0.1, -0.05) is 31.2 Å². The van der Waals surface area contributed by atoms with Crippen LogP contribution in [0.5, 0.6) is 0 Å². The van der Waals surface area contributed by atoms with E-state index in [9.17, 15) is 4.39 Å². The van der Waals surface area contributed by atoms with Gasteiger partial charge in [-0.25, -0.2) is 4.39 Å². The van der Waals surface area contributed by atoms with Crippen LogP contribution in [0.25, 0.3) is 0 Å². The third-order valence-corrected chi connectivity index (χ3v) is 4.30. The van der Waals surface area contributed by atoms with Crippen LogP contribution >= 0.6 is 22.6 Å². The Morgan fingerprint density at radius 1 is 1.14 bits per heavy atom. The molecular formula is C18H21FIN. The topological polar surface area (TPSA) is 12.0 Å². The van der Waals surface area contributed by atoms with Gasteiger partial charge in [-0.05, 0) is 83.8 Å². The summed E-state index contributed by atoms with van der Waals surface area (Å²) in [6, 6.07) is 14.2. The molecule has 2 aromatic carbocycles. The molecular weight excluding hydrogens is 376 g/mol. The largest absolute Gasteiger partial charge is 0.310 e. The highest BCUT2D eigenvalue weighted by Crippen LogP contribution is 2.21. The standard InChI is InChI=1S/C18H21FIN/c1-3-10-21-18(12-14-4-7-16(20)8-5-14)15-6-9-17(19)13(2)11-15/h4-9,11,18,21H,3,10,12H2,1-2H3. The summed E-state index contributed by atoms with van der Waals surface area (Å²) in [6.07, 6.45) is 2.01. The van der Waals surface area contributed by atoms with Crippen molar-refractivity contribution < 1.29 is 4.39 Å². The molecule has 0 fully saturated rings. The number of aryl methyl sites for hydroxylation is 1. The average molecular weight is 397 g/mol. The zero-order valence-electron chi connectivity index (χ0n) is 12.5. The first-order valence-corrected chi connectivity index (χ1v) is 8.42. The maximum atomic E-state index is 13.5. The fourth-order valence-corrected chi connectivity index (χ4v) is 2.73. The van der Waals surface area contributed by atoms with Crippen LogP contribution in [0.3, 0.4) is 0 Å². The third kappa shape index (κ3) is 4.78. The second kappa shape index (κ2) is 7.90. The lowest BCUT2D eigenvalue weighted by Gasteiger charge is -2.20. The van der Waals surface area contributed by atoms with Crippen LogP contribution in [0.2, 0.25) is 0 Å². The smallest absolute Gasteiger partial charge is 0.126 e. The van der Waals surface area contributed by atoms with Crippen molar-refractivity contribution in [1.29, 1.82) is 0 Å². The molecule has 0 bridgehead atoms. The summed E-state index contributed by atoms with van der Waals surface area (Å²) < 4.78 is 14.7. The summed E-state index contributed by atoms with van der Waals surface area (Å²) in [5.41, 5.74) is 3.16. The van der Waals surface area contributed by atoms with Crippen LogP contribution < -0.4 is 5.32 Å². The lowest BCUT2D eigenvalue weighted by Crippen LogP contribution is -2.24. The highest BCUT2D eigenvalue weighted by Gasteiger charge is 2.13. The first kappa shape index (κ1) is 16.4. The SMILES string of the molecule is CCCNC(Cc1ccc(I)cc1)c1ccc(F)c(C)c1. The van der Waals surface area contributed by atoms with E-state index in [0.29, 0.717) is 5.56 Å². The molecule has 0 spiro atoms. The maximum Gasteiger partial charge on any atom is 0.126 e. The van der Waals surface area contributed by atoms with Crippen LogP contribution in [-0.2, 0) is 6.42 Å². The number of hydrogen-bond donors (Lipinski definition) is 1. The molecule has 1 atom stereocenters. The molecule has 0 aliphatic rings. The van der Waals surface area contributed by atoms with Gasteiger partial charge in [0.25, 0.3) is 0 Å². The number of halogens is 2. The van der Waals surface area contributed by atoms with Gasteiger partial charge >= 0.3 is 0 Å². The predicted molar refractivity (Wildman–Crippen MR) is 95.0 cm³/mol. The lowest BCUT2D eigenvalue weighted by molar-refractivity contribution is 0.527. The fourth-order valence-electron chi connectivity index (χ4n) is 2.37. The van der Waals surface area contributed by atoms with Crippen molar-refractivity contribution in [3.63, 3.8) is 0 Å². The van der Waals surface area contributed by atoms with Crippen molar-refractivity contribution >= 4 is 22.6 Å². The Kier molecular flexibility index (Phi) is 6.18. The second-order valence-electron chi connectivity index (χ2n) is 5.35. The zero-order chi connectivity index (χ0) is 15.2. The van der Waals surface area contributed by atoms with Gasteiger partial charge in [0.1, 0.15) is 5.82 Å².